The highest BCUT2D eigenvalue weighted by atomic mass is 32.2. The fraction of sp³-hybridized carbons (Fsp3) is 0.269. The summed E-state index contributed by atoms with van der Waals surface area (Å²) in [5.41, 5.74) is -0.222. The Bertz CT molecular complexity index is 1770. The molecule has 10 nitrogen and oxygen atoms in total. The predicted molar refractivity (Wildman–Crippen MR) is 136 cm³/mol. The zero-order valence-electron chi connectivity index (χ0n) is 21.5. The molecule has 2 aromatic heterocycles. The van der Waals surface area contributed by atoms with Crippen molar-refractivity contribution in [3.8, 4) is 11.5 Å². The summed E-state index contributed by atoms with van der Waals surface area (Å²) in [5, 5.41) is 12.3. The summed E-state index contributed by atoms with van der Waals surface area (Å²) >= 11 is 0. The van der Waals surface area contributed by atoms with Crippen LogP contribution in [0.1, 0.15) is 40.4 Å². The van der Waals surface area contributed by atoms with E-state index in [9.17, 15) is 40.3 Å². The summed E-state index contributed by atoms with van der Waals surface area (Å²) < 4.78 is 103. The highest BCUT2D eigenvalue weighted by Crippen LogP contribution is 2.44. The lowest BCUT2D eigenvalue weighted by Crippen LogP contribution is -2.31. The minimum atomic E-state index is -4.94. The van der Waals surface area contributed by atoms with Gasteiger partial charge in [-0.3, -0.25) is 9.78 Å². The number of nitrogens with one attached hydrogen (secondary N) is 1. The fourth-order valence-electron chi connectivity index (χ4n) is 4.37. The third-order valence-corrected chi connectivity index (χ3v) is 8.17. The van der Waals surface area contributed by atoms with Crippen molar-refractivity contribution in [1.82, 2.24) is 19.9 Å². The molecular weight excluding hydrogens is 591 g/mol. The standard InChI is InChI=1S/C26H21F5N4O6S/c1-2-42(38,39)16-7-8-17(32-11-16)19(13-36)33-23(37)14-6-9-20-18(10-14)34-24(25(27,28)29)35(20)12-15-4-3-5-21-22(15)41-26(30,31)40-21/h3-11,19,36H,2,12-13H2,1H3,(H,33,37)/t19-/m1/s1. The van der Waals surface area contributed by atoms with Crippen molar-refractivity contribution in [2.75, 3.05) is 12.4 Å². The van der Waals surface area contributed by atoms with Crippen molar-refractivity contribution in [1.29, 1.82) is 0 Å². The molecule has 42 heavy (non-hydrogen) atoms. The van der Waals surface area contributed by atoms with Crippen LogP contribution in [0.15, 0.2) is 59.6 Å². The molecule has 5 rings (SSSR count). The molecular formula is C26H21F5N4O6S. The van der Waals surface area contributed by atoms with Crippen LogP contribution in [-0.4, -0.2) is 52.6 Å². The van der Waals surface area contributed by atoms with Gasteiger partial charge in [0.05, 0.1) is 46.6 Å². The SMILES string of the molecule is CCS(=O)(=O)c1ccc([C@@H](CO)NC(=O)c2ccc3c(c2)nc(C(F)(F)F)n3Cc2cccc3c2OC(F)(F)O3)nc1. The van der Waals surface area contributed by atoms with Crippen molar-refractivity contribution < 1.29 is 49.7 Å². The van der Waals surface area contributed by atoms with E-state index in [-0.39, 0.29) is 44.3 Å². The van der Waals surface area contributed by atoms with Gasteiger partial charge in [-0.2, -0.15) is 13.2 Å². The van der Waals surface area contributed by atoms with E-state index in [1.165, 1.54) is 49.4 Å². The molecule has 0 saturated carbocycles. The van der Waals surface area contributed by atoms with Crippen molar-refractivity contribution in [3.63, 3.8) is 0 Å². The van der Waals surface area contributed by atoms with Crippen molar-refractivity contribution in [2.24, 2.45) is 0 Å². The summed E-state index contributed by atoms with van der Waals surface area (Å²) in [5.74, 6) is -2.99. The van der Waals surface area contributed by atoms with Gasteiger partial charge in [-0.1, -0.05) is 19.1 Å². The van der Waals surface area contributed by atoms with E-state index in [2.05, 4.69) is 24.8 Å². The fourth-order valence-corrected chi connectivity index (χ4v) is 5.19. The predicted octanol–water partition coefficient (Wildman–Crippen LogP) is 4.08. The zero-order chi connectivity index (χ0) is 30.4. The van der Waals surface area contributed by atoms with E-state index in [0.29, 0.717) is 0 Å². The summed E-state index contributed by atoms with van der Waals surface area (Å²) in [6, 6.07) is 8.95. The molecule has 0 spiro atoms. The Morgan fingerprint density at radius 1 is 1.14 bits per heavy atom. The number of aliphatic hydroxyl groups excluding tert-OH is 1. The number of hydrogen-bond donors (Lipinski definition) is 2. The van der Waals surface area contributed by atoms with E-state index >= 15 is 0 Å². The molecule has 0 aliphatic carbocycles. The lowest BCUT2D eigenvalue weighted by atomic mass is 10.1. The number of ether oxygens (including phenoxy) is 2. The number of carbonyl (C=O) groups excluding carboxylic acids is 1. The second kappa shape index (κ2) is 10.5. The largest absolute Gasteiger partial charge is 0.586 e. The van der Waals surface area contributed by atoms with Gasteiger partial charge in [0.25, 0.3) is 5.91 Å². The van der Waals surface area contributed by atoms with E-state index in [1.54, 1.807) is 0 Å². The maximum absolute atomic E-state index is 14.0. The van der Waals surface area contributed by atoms with Crippen LogP contribution in [0.25, 0.3) is 11.0 Å². The van der Waals surface area contributed by atoms with Crippen molar-refractivity contribution >= 4 is 26.8 Å². The first-order valence-electron chi connectivity index (χ1n) is 12.3. The Morgan fingerprint density at radius 2 is 1.90 bits per heavy atom. The number of alkyl halides is 5. The Hall–Kier alpha value is -4.31. The number of sulfone groups is 1. The number of rotatable bonds is 8. The van der Waals surface area contributed by atoms with Gasteiger partial charge in [-0.15, -0.1) is 8.78 Å². The molecule has 0 bridgehead atoms. The van der Waals surface area contributed by atoms with Crippen LogP contribution in [0, 0.1) is 0 Å². The van der Waals surface area contributed by atoms with Crippen LogP contribution < -0.4 is 14.8 Å². The maximum Gasteiger partial charge on any atom is 0.586 e. The van der Waals surface area contributed by atoms with Crippen LogP contribution in [0.4, 0.5) is 22.0 Å². The molecule has 222 valence electrons. The van der Waals surface area contributed by atoms with Crippen molar-refractivity contribution in [2.45, 2.75) is 36.9 Å². The van der Waals surface area contributed by atoms with Crippen molar-refractivity contribution in [3.05, 3.63) is 77.4 Å². The normalized spacial score (nSPS) is 15.1. The smallest absolute Gasteiger partial charge is 0.395 e. The van der Waals surface area contributed by atoms with Crippen LogP contribution >= 0.6 is 0 Å². The van der Waals surface area contributed by atoms with Gasteiger partial charge >= 0.3 is 12.5 Å². The molecule has 4 aromatic rings. The minimum Gasteiger partial charge on any atom is -0.395 e. The van der Waals surface area contributed by atoms with Crippen LogP contribution in [0.2, 0.25) is 0 Å². The van der Waals surface area contributed by atoms with E-state index in [4.69, 9.17) is 0 Å². The number of carbonyl (C=O) groups is 1. The second-order valence-corrected chi connectivity index (χ2v) is 11.4. The molecule has 1 atom stereocenters. The monoisotopic (exact) mass is 612 g/mol. The van der Waals surface area contributed by atoms with Gasteiger partial charge in [0.2, 0.25) is 5.82 Å². The number of benzene rings is 2. The molecule has 0 unspecified atom stereocenters. The first kappa shape index (κ1) is 29.2. The van der Waals surface area contributed by atoms with Crippen LogP contribution in [-0.2, 0) is 22.6 Å². The van der Waals surface area contributed by atoms with Gasteiger partial charge < -0.3 is 24.5 Å². The number of hydrogen-bond acceptors (Lipinski definition) is 8. The molecule has 16 heteroatoms. The summed E-state index contributed by atoms with van der Waals surface area (Å²) in [6.45, 7) is 0.303. The Labute approximate surface area is 234 Å². The van der Waals surface area contributed by atoms with E-state index in [0.717, 1.165) is 16.8 Å². The molecule has 2 N–H and O–H groups in total. The molecule has 0 saturated heterocycles. The lowest BCUT2D eigenvalue weighted by Gasteiger charge is -2.16. The maximum atomic E-state index is 14.0. The third kappa shape index (κ3) is 5.59. The number of imidazole rings is 1. The molecule has 1 aliphatic rings. The zero-order valence-corrected chi connectivity index (χ0v) is 22.3. The van der Waals surface area contributed by atoms with E-state index in [1.807, 2.05) is 0 Å². The molecule has 1 aliphatic heterocycles. The summed E-state index contributed by atoms with van der Waals surface area (Å²) in [4.78, 5) is 20.6. The third-order valence-electron chi connectivity index (χ3n) is 6.45. The van der Waals surface area contributed by atoms with Gasteiger partial charge in [-0.05, 0) is 36.4 Å². The van der Waals surface area contributed by atoms with Gasteiger partial charge in [-0.25, -0.2) is 13.4 Å². The highest BCUT2D eigenvalue weighted by molar-refractivity contribution is 7.91. The second-order valence-electron chi connectivity index (χ2n) is 9.17. The topological polar surface area (TPSA) is 133 Å². The van der Waals surface area contributed by atoms with Gasteiger partial charge in [0.15, 0.2) is 21.3 Å². The van der Waals surface area contributed by atoms with Crippen LogP contribution in [0.3, 0.4) is 0 Å². The quantitative estimate of drug-likeness (QED) is 0.285. The molecule has 2 aromatic carbocycles. The number of nitrogens with zero attached hydrogens (tertiary/aromatic N) is 3. The Morgan fingerprint density at radius 3 is 2.55 bits per heavy atom. The average molecular weight is 613 g/mol. The molecule has 0 radical (unpaired) electrons. The molecule has 1 amide bonds. The Balaban J connectivity index is 1.44. The number of amides is 1. The first-order chi connectivity index (χ1) is 19.7. The van der Waals surface area contributed by atoms with Crippen LogP contribution in [0.5, 0.6) is 11.5 Å². The average Bonchev–Trinajstić information content (AvgIpc) is 3.47. The number of aliphatic hydroxyl groups is 1. The van der Waals surface area contributed by atoms with E-state index < -0.39 is 59.0 Å². The first-order valence-corrected chi connectivity index (χ1v) is 13.9. The molecule has 0 fully saturated rings. The number of aromatic nitrogens is 3. The number of pyridine rings is 1. The number of halogens is 5. The Kier molecular flexibility index (Phi) is 7.30. The number of para-hydroxylation sites is 1. The minimum absolute atomic E-state index is 0.0210. The van der Waals surface area contributed by atoms with Gasteiger partial charge in [0, 0.05) is 17.3 Å². The number of fused-ring (bicyclic) bond motifs is 2. The molecule has 3 heterocycles. The highest BCUT2D eigenvalue weighted by Gasteiger charge is 2.45. The summed E-state index contributed by atoms with van der Waals surface area (Å²) in [6.07, 6.45) is -7.81. The lowest BCUT2D eigenvalue weighted by molar-refractivity contribution is -0.287. The summed E-state index contributed by atoms with van der Waals surface area (Å²) in [7, 11) is -3.52. The van der Waals surface area contributed by atoms with Gasteiger partial charge in [0.1, 0.15) is 0 Å².